The summed E-state index contributed by atoms with van der Waals surface area (Å²) in [7, 11) is 3.29. The van der Waals surface area contributed by atoms with Gasteiger partial charge in [0, 0.05) is 42.8 Å². The number of rotatable bonds is 5. The van der Waals surface area contributed by atoms with E-state index < -0.39 is 0 Å². The van der Waals surface area contributed by atoms with E-state index in [0.717, 1.165) is 42.0 Å². The van der Waals surface area contributed by atoms with E-state index in [1.165, 1.54) is 25.8 Å². The lowest BCUT2D eigenvalue weighted by Gasteiger charge is -2.49. The van der Waals surface area contributed by atoms with E-state index in [9.17, 15) is 0 Å². The van der Waals surface area contributed by atoms with Crippen LogP contribution in [0.2, 0.25) is 5.02 Å². The summed E-state index contributed by atoms with van der Waals surface area (Å²) in [5.74, 6) is 1.43. The Morgan fingerprint density at radius 2 is 1.83 bits per heavy atom. The maximum atomic E-state index is 6.40. The topological polar surface area (TPSA) is 24.9 Å². The van der Waals surface area contributed by atoms with Crippen LogP contribution in [0.1, 0.15) is 31.7 Å². The number of likely N-dealkylation sites (tertiary alicyclic amines) is 2. The molecule has 1 aromatic rings. The molecular formula is C18H27ClN2O2. The molecule has 3 rings (SSSR count). The summed E-state index contributed by atoms with van der Waals surface area (Å²) in [5, 5.41) is 0.748. The van der Waals surface area contributed by atoms with E-state index in [1.807, 2.05) is 12.1 Å². The van der Waals surface area contributed by atoms with Gasteiger partial charge in [-0.25, -0.2) is 0 Å². The monoisotopic (exact) mass is 338 g/mol. The van der Waals surface area contributed by atoms with Crippen molar-refractivity contribution in [1.82, 2.24) is 9.80 Å². The lowest BCUT2D eigenvalue weighted by atomic mass is 9.97. The van der Waals surface area contributed by atoms with Crippen LogP contribution >= 0.6 is 11.6 Å². The van der Waals surface area contributed by atoms with Gasteiger partial charge < -0.3 is 9.47 Å². The van der Waals surface area contributed by atoms with Crippen LogP contribution in [0.5, 0.6) is 11.5 Å². The Kier molecular flexibility index (Phi) is 5.34. The van der Waals surface area contributed by atoms with Crippen molar-refractivity contribution < 1.29 is 9.47 Å². The molecule has 0 aromatic heterocycles. The van der Waals surface area contributed by atoms with Crippen molar-refractivity contribution in [1.29, 1.82) is 0 Å². The Bertz CT molecular complexity index is 546. The SMILES string of the molecule is COc1cc(Cl)c(CN2CC(N3CCCC[C@@H]3C)C2)cc1OC. The van der Waals surface area contributed by atoms with E-state index in [1.54, 1.807) is 14.2 Å². The molecule has 2 aliphatic rings. The number of benzene rings is 1. The molecule has 0 aliphatic carbocycles. The van der Waals surface area contributed by atoms with E-state index >= 15 is 0 Å². The van der Waals surface area contributed by atoms with Crippen LogP contribution in [-0.4, -0.2) is 55.7 Å². The number of piperidine rings is 1. The predicted octanol–water partition coefficient (Wildman–Crippen LogP) is 3.42. The van der Waals surface area contributed by atoms with Gasteiger partial charge in [0.1, 0.15) is 0 Å². The van der Waals surface area contributed by atoms with Crippen molar-refractivity contribution in [2.45, 2.75) is 44.8 Å². The number of halogens is 1. The van der Waals surface area contributed by atoms with Crippen molar-refractivity contribution >= 4 is 11.6 Å². The molecule has 0 saturated carbocycles. The molecule has 128 valence electrons. The van der Waals surface area contributed by atoms with Crippen molar-refractivity contribution in [2.24, 2.45) is 0 Å². The zero-order valence-corrected chi connectivity index (χ0v) is 15.1. The summed E-state index contributed by atoms with van der Waals surface area (Å²) in [5.41, 5.74) is 1.11. The van der Waals surface area contributed by atoms with Gasteiger partial charge in [0.2, 0.25) is 0 Å². The molecule has 2 aliphatic heterocycles. The second-order valence-electron chi connectivity index (χ2n) is 6.73. The smallest absolute Gasteiger partial charge is 0.162 e. The second kappa shape index (κ2) is 7.29. The molecule has 0 unspecified atom stereocenters. The van der Waals surface area contributed by atoms with Gasteiger partial charge in [0.15, 0.2) is 11.5 Å². The highest BCUT2D eigenvalue weighted by molar-refractivity contribution is 6.31. The molecule has 0 bridgehead atoms. The first kappa shape index (κ1) is 16.9. The Morgan fingerprint density at radius 1 is 1.13 bits per heavy atom. The normalized spacial score (nSPS) is 23.6. The number of ether oxygens (including phenoxy) is 2. The van der Waals surface area contributed by atoms with E-state index in [4.69, 9.17) is 21.1 Å². The van der Waals surface area contributed by atoms with Crippen LogP contribution in [0.4, 0.5) is 0 Å². The molecule has 1 aromatic carbocycles. The molecule has 1 atom stereocenters. The minimum atomic E-state index is 0.685. The van der Waals surface area contributed by atoms with Gasteiger partial charge in [-0.3, -0.25) is 9.80 Å². The summed E-state index contributed by atoms with van der Waals surface area (Å²) in [6.07, 6.45) is 4.08. The van der Waals surface area contributed by atoms with Crippen molar-refractivity contribution in [3.05, 3.63) is 22.7 Å². The Balaban J connectivity index is 1.59. The molecule has 4 nitrogen and oxygen atoms in total. The Morgan fingerprint density at radius 3 is 2.48 bits per heavy atom. The first-order valence-corrected chi connectivity index (χ1v) is 8.88. The summed E-state index contributed by atoms with van der Waals surface area (Å²) < 4.78 is 10.7. The largest absolute Gasteiger partial charge is 0.493 e. The highest BCUT2D eigenvalue weighted by Crippen LogP contribution is 2.34. The average Bonchev–Trinajstić information content (AvgIpc) is 2.52. The van der Waals surface area contributed by atoms with Crippen molar-refractivity contribution in [3.8, 4) is 11.5 Å². The van der Waals surface area contributed by atoms with Gasteiger partial charge in [-0.2, -0.15) is 0 Å². The van der Waals surface area contributed by atoms with Crippen LogP contribution in [0.25, 0.3) is 0 Å². The minimum absolute atomic E-state index is 0.685. The van der Waals surface area contributed by atoms with Crippen LogP contribution < -0.4 is 9.47 Å². The maximum Gasteiger partial charge on any atom is 0.162 e. The van der Waals surface area contributed by atoms with Crippen molar-refractivity contribution in [3.63, 3.8) is 0 Å². The molecule has 0 N–H and O–H groups in total. The number of hydrogen-bond donors (Lipinski definition) is 0. The van der Waals surface area contributed by atoms with Crippen LogP contribution in [-0.2, 0) is 6.54 Å². The molecule has 0 amide bonds. The standard InChI is InChI=1S/C18H27ClN2O2/c1-13-6-4-5-7-21(13)15-11-20(12-15)10-14-8-17(22-2)18(23-3)9-16(14)19/h8-9,13,15H,4-7,10-12H2,1-3H3/t13-/m0/s1. The molecular weight excluding hydrogens is 312 g/mol. The maximum absolute atomic E-state index is 6.40. The third-order valence-corrected chi connectivity index (χ3v) is 5.56. The van der Waals surface area contributed by atoms with Crippen LogP contribution in [0.3, 0.4) is 0 Å². The Hall–Kier alpha value is -0.970. The predicted molar refractivity (Wildman–Crippen MR) is 93.6 cm³/mol. The molecule has 0 spiro atoms. The van der Waals surface area contributed by atoms with Gasteiger partial charge in [-0.1, -0.05) is 18.0 Å². The third-order valence-electron chi connectivity index (χ3n) is 5.21. The van der Waals surface area contributed by atoms with E-state index in [-0.39, 0.29) is 0 Å². The first-order valence-electron chi connectivity index (χ1n) is 8.51. The Labute approximate surface area is 144 Å². The molecule has 2 heterocycles. The molecule has 0 radical (unpaired) electrons. The third kappa shape index (κ3) is 3.59. The summed E-state index contributed by atoms with van der Waals surface area (Å²) in [6.45, 7) is 6.77. The fraction of sp³-hybridized carbons (Fsp3) is 0.667. The van der Waals surface area contributed by atoms with Gasteiger partial charge in [-0.05, 0) is 37.9 Å². The average molecular weight is 339 g/mol. The fourth-order valence-electron chi connectivity index (χ4n) is 3.80. The van der Waals surface area contributed by atoms with Gasteiger partial charge in [-0.15, -0.1) is 0 Å². The van der Waals surface area contributed by atoms with Gasteiger partial charge in [0.05, 0.1) is 14.2 Å². The number of hydrogen-bond acceptors (Lipinski definition) is 4. The van der Waals surface area contributed by atoms with Gasteiger partial charge in [0.25, 0.3) is 0 Å². The highest BCUT2D eigenvalue weighted by Gasteiger charge is 2.35. The molecule has 5 heteroatoms. The summed E-state index contributed by atoms with van der Waals surface area (Å²) >= 11 is 6.40. The zero-order chi connectivity index (χ0) is 16.4. The fourth-order valence-corrected chi connectivity index (χ4v) is 4.02. The molecule has 2 fully saturated rings. The zero-order valence-electron chi connectivity index (χ0n) is 14.3. The van der Waals surface area contributed by atoms with Crippen LogP contribution in [0.15, 0.2) is 12.1 Å². The summed E-state index contributed by atoms with van der Waals surface area (Å²) in [4.78, 5) is 5.15. The van der Waals surface area contributed by atoms with E-state index in [2.05, 4.69) is 16.7 Å². The second-order valence-corrected chi connectivity index (χ2v) is 7.14. The lowest BCUT2D eigenvalue weighted by molar-refractivity contribution is -0.00621. The lowest BCUT2D eigenvalue weighted by Crippen LogP contribution is -2.61. The first-order chi connectivity index (χ1) is 11.1. The highest BCUT2D eigenvalue weighted by atomic mass is 35.5. The number of methoxy groups -OCH3 is 2. The quantitative estimate of drug-likeness (QED) is 0.821. The minimum Gasteiger partial charge on any atom is -0.493 e. The van der Waals surface area contributed by atoms with Gasteiger partial charge >= 0.3 is 0 Å². The summed E-state index contributed by atoms with van der Waals surface area (Å²) in [6, 6.07) is 5.29. The number of nitrogens with zero attached hydrogens (tertiary/aromatic N) is 2. The molecule has 23 heavy (non-hydrogen) atoms. The van der Waals surface area contributed by atoms with E-state index in [0.29, 0.717) is 11.8 Å². The van der Waals surface area contributed by atoms with Crippen molar-refractivity contribution in [2.75, 3.05) is 33.9 Å². The molecule has 2 saturated heterocycles. The van der Waals surface area contributed by atoms with Crippen LogP contribution in [0, 0.1) is 0 Å².